The fraction of sp³-hybridized carbons (Fsp3) is 0.174. The van der Waals surface area contributed by atoms with E-state index in [1.807, 2.05) is 0 Å². The number of anilines is 2. The van der Waals surface area contributed by atoms with Crippen LogP contribution in [0, 0.1) is 17.0 Å². The summed E-state index contributed by atoms with van der Waals surface area (Å²) in [5.41, 5.74) is 1.35. The van der Waals surface area contributed by atoms with Gasteiger partial charge in [0, 0.05) is 18.7 Å². The highest BCUT2D eigenvalue weighted by Crippen LogP contribution is 2.26. The molecule has 0 aliphatic rings. The van der Waals surface area contributed by atoms with Gasteiger partial charge in [-0.1, -0.05) is 24.3 Å². The molecule has 0 aliphatic heterocycles. The molecule has 33 heavy (non-hydrogen) atoms. The molecule has 1 amide bonds. The van der Waals surface area contributed by atoms with E-state index in [-0.39, 0.29) is 23.7 Å². The summed E-state index contributed by atoms with van der Waals surface area (Å²) < 4.78 is 32.6. The van der Waals surface area contributed by atoms with Crippen molar-refractivity contribution >= 4 is 33.0 Å². The smallest absolute Gasteiger partial charge is 0.271 e. The van der Waals surface area contributed by atoms with Crippen LogP contribution in [0.1, 0.15) is 12.5 Å². The van der Waals surface area contributed by atoms with E-state index >= 15 is 0 Å². The molecule has 0 spiro atoms. The third-order valence-corrected chi connectivity index (χ3v) is 6.74. The molecule has 172 valence electrons. The highest BCUT2D eigenvalue weighted by atomic mass is 32.2. The Bertz CT molecular complexity index is 1240. The number of nitrogens with zero attached hydrogens (tertiary/aromatic N) is 2. The van der Waals surface area contributed by atoms with Crippen molar-refractivity contribution < 1.29 is 22.9 Å². The number of sulfonamides is 1. The van der Waals surface area contributed by atoms with E-state index in [4.69, 9.17) is 4.74 Å². The number of benzene rings is 3. The van der Waals surface area contributed by atoms with Gasteiger partial charge in [0.2, 0.25) is 0 Å². The first-order valence-corrected chi connectivity index (χ1v) is 11.5. The first-order chi connectivity index (χ1) is 15.7. The Balaban J connectivity index is 1.65. The van der Waals surface area contributed by atoms with Gasteiger partial charge >= 0.3 is 0 Å². The molecule has 3 aromatic rings. The van der Waals surface area contributed by atoms with E-state index in [0.717, 1.165) is 0 Å². The van der Waals surface area contributed by atoms with E-state index in [0.29, 0.717) is 22.7 Å². The Kier molecular flexibility index (Phi) is 7.29. The predicted molar refractivity (Wildman–Crippen MR) is 125 cm³/mol. The maximum Gasteiger partial charge on any atom is 0.271 e. The first-order valence-electron chi connectivity index (χ1n) is 10.1. The number of ether oxygens (including phenoxy) is 1. The second-order valence-corrected chi connectivity index (χ2v) is 8.93. The fourth-order valence-electron chi connectivity index (χ4n) is 3.11. The minimum atomic E-state index is -3.71. The number of aryl methyl sites for hydroxylation is 1. The average Bonchev–Trinajstić information content (AvgIpc) is 2.80. The van der Waals surface area contributed by atoms with Gasteiger partial charge in [0.15, 0.2) is 6.61 Å². The molecule has 0 aromatic heterocycles. The van der Waals surface area contributed by atoms with Crippen LogP contribution in [0.3, 0.4) is 0 Å². The quantitative estimate of drug-likeness (QED) is 0.372. The topological polar surface area (TPSA) is 119 Å². The van der Waals surface area contributed by atoms with Gasteiger partial charge in [-0.05, 0) is 55.8 Å². The number of hydrogen-bond acceptors (Lipinski definition) is 6. The maximum absolute atomic E-state index is 12.9. The van der Waals surface area contributed by atoms with Crippen molar-refractivity contribution in [2.75, 3.05) is 22.8 Å². The van der Waals surface area contributed by atoms with Gasteiger partial charge in [-0.3, -0.25) is 19.2 Å². The molecule has 0 saturated carbocycles. The van der Waals surface area contributed by atoms with Gasteiger partial charge in [0.25, 0.3) is 21.6 Å². The van der Waals surface area contributed by atoms with Gasteiger partial charge in [0.1, 0.15) is 5.75 Å². The summed E-state index contributed by atoms with van der Waals surface area (Å²) in [5, 5.41) is 13.5. The summed E-state index contributed by atoms with van der Waals surface area (Å²) in [6.07, 6.45) is 0. The number of rotatable bonds is 9. The van der Waals surface area contributed by atoms with Crippen LogP contribution in [0.15, 0.2) is 77.7 Å². The Hall–Kier alpha value is -3.92. The number of nitro benzene ring substituents is 1. The summed E-state index contributed by atoms with van der Waals surface area (Å²) in [6.45, 7) is 3.39. The van der Waals surface area contributed by atoms with Crippen LogP contribution in [0.25, 0.3) is 0 Å². The lowest BCUT2D eigenvalue weighted by Crippen LogP contribution is -2.30. The molecule has 0 aliphatic carbocycles. The molecule has 0 atom stereocenters. The third-order valence-electron chi connectivity index (χ3n) is 4.82. The van der Waals surface area contributed by atoms with Gasteiger partial charge in [0.05, 0.1) is 21.2 Å². The molecule has 0 unspecified atom stereocenters. The van der Waals surface area contributed by atoms with Crippen molar-refractivity contribution in [3.63, 3.8) is 0 Å². The van der Waals surface area contributed by atoms with E-state index < -0.39 is 20.9 Å². The molecule has 1 N–H and O–H groups in total. The molecule has 0 bridgehead atoms. The number of hydrogen-bond donors (Lipinski definition) is 1. The number of carbonyl (C=O) groups excluding carboxylic acids is 1. The van der Waals surface area contributed by atoms with Crippen molar-refractivity contribution in [2.45, 2.75) is 18.7 Å². The van der Waals surface area contributed by atoms with Crippen LogP contribution in [0.5, 0.6) is 5.75 Å². The molecular formula is C23H23N3O6S. The maximum atomic E-state index is 12.9. The van der Waals surface area contributed by atoms with Crippen molar-refractivity contribution in [1.82, 2.24) is 0 Å². The Morgan fingerprint density at radius 2 is 1.73 bits per heavy atom. The highest BCUT2D eigenvalue weighted by molar-refractivity contribution is 7.92. The molecule has 0 saturated heterocycles. The summed E-state index contributed by atoms with van der Waals surface area (Å²) in [7, 11) is -3.71. The second kappa shape index (κ2) is 10.1. The number of nitrogens with one attached hydrogen (secondary N) is 1. The SMILES string of the molecule is CCN(c1ccc(OCC(=O)Nc2cc([N+](=O)[O-])ccc2C)cc1)S(=O)(=O)c1ccccc1. The van der Waals surface area contributed by atoms with E-state index in [1.165, 1.54) is 28.6 Å². The van der Waals surface area contributed by atoms with E-state index in [1.54, 1.807) is 62.4 Å². The molecule has 0 fully saturated rings. The van der Waals surface area contributed by atoms with Crippen LogP contribution < -0.4 is 14.4 Å². The summed E-state index contributed by atoms with van der Waals surface area (Å²) in [6, 6.07) is 18.7. The predicted octanol–water partition coefficient (Wildman–Crippen LogP) is 4.14. The largest absolute Gasteiger partial charge is 0.484 e. The summed E-state index contributed by atoms with van der Waals surface area (Å²) in [5.74, 6) is -0.109. The van der Waals surface area contributed by atoms with Crippen LogP contribution in [-0.4, -0.2) is 32.4 Å². The summed E-state index contributed by atoms with van der Waals surface area (Å²) in [4.78, 5) is 22.8. The van der Waals surface area contributed by atoms with Crippen molar-refractivity contribution in [3.05, 3.63) is 88.5 Å². The van der Waals surface area contributed by atoms with Gasteiger partial charge in [-0.25, -0.2) is 8.42 Å². The Morgan fingerprint density at radius 3 is 2.33 bits per heavy atom. The molecule has 9 nitrogen and oxygen atoms in total. The molecule has 0 heterocycles. The Labute approximate surface area is 191 Å². The van der Waals surface area contributed by atoms with Crippen molar-refractivity contribution in [1.29, 1.82) is 0 Å². The van der Waals surface area contributed by atoms with Crippen LogP contribution >= 0.6 is 0 Å². The number of nitro groups is 1. The zero-order valence-corrected chi connectivity index (χ0v) is 18.9. The molecule has 10 heteroatoms. The number of non-ortho nitro benzene ring substituents is 1. The Morgan fingerprint density at radius 1 is 1.06 bits per heavy atom. The minimum Gasteiger partial charge on any atom is -0.484 e. The minimum absolute atomic E-state index is 0.127. The third kappa shape index (κ3) is 5.66. The lowest BCUT2D eigenvalue weighted by molar-refractivity contribution is -0.384. The molecule has 0 radical (unpaired) electrons. The van der Waals surface area contributed by atoms with Crippen molar-refractivity contribution in [2.24, 2.45) is 0 Å². The zero-order chi connectivity index (χ0) is 24.0. The average molecular weight is 470 g/mol. The van der Waals surface area contributed by atoms with E-state index in [2.05, 4.69) is 5.32 Å². The van der Waals surface area contributed by atoms with Gasteiger partial charge in [-0.2, -0.15) is 0 Å². The summed E-state index contributed by atoms with van der Waals surface area (Å²) >= 11 is 0. The van der Waals surface area contributed by atoms with Crippen LogP contribution in [-0.2, 0) is 14.8 Å². The standard InChI is InChI=1S/C23H23N3O6S/c1-3-25(33(30,31)21-7-5-4-6-8-21)18-11-13-20(14-12-18)32-16-23(27)24-22-15-19(26(28)29)10-9-17(22)2/h4-15H,3,16H2,1-2H3,(H,24,27). The highest BCUT2D eigenvalue weighted by Gasteiger charge is 2.23. The van der Waals surface area contributed by atoms with Crippen LogP contribution in [0.2, 0.25) is 0 Å². The zero-order valence-electron chi connectivity index (χ0n) is 18.1. The number of amides is 1. The number of carbonyl (C=O) groups is 1. The molecule has 3 rings (SSSR count). The van der Waals surface area contributed by atoms with Gasteiger partial charge in [-0.15, -0.1) is 0 Å². The fourth-order valence-corrected chi connectivity index (χ4v) is 4.61. The normalized spacial score (nSPS) is 11.0. The van der Waals surface area contributed by atoms with E-state index in [9.17, 15) is 23.3 Å². The van der Waals surface area contributed by atoms with Crippen LogP contribution in [0.4, 0.5) is 17.1 Å². The lowest BCUT2D eigenvalue weighted by atomic mass is 10.2. The first kappa shape index (κ1) is 23.7. The molecule has 3 aromatic carbocycles. The molecular weight excluding hydrogens is 446 g/mol. The van der Waals surface area contributed by atoms with Gasteiger partial charge < -0.3 is 10.1 Å². The second-order valence-electron chi connectivity index (χ2n) is 7.07. The van der Waals surface area contributed by atoms with Crippen molar-refractivity contribution in [3.8, 4) is 5.75 Å². The monoisotopic (exact) mass is 469 g/mol. The lowest BCUT2D eigenvalue weighted by Gasteiger charge is -2.23.